The van der Waals surface area contributed by atoms with Gasteiger partial charge in [-0.3, -0.25) is 9.59 Å². The number of hydrogen-bond acceptors (Lipinski definition) is 8. The van der Waals surface area contributed by atoms with Crippen LogP contribution in [-0.4, -0.2) is 70.4 Å². The van der Waals surface area contributed by atoms with E-state index in [1.54, 1.807) is 26.2 Å². The van der Waals surface area contributed by atoms with Gasteiger partial charge in [0.15, 0.2) is 17.6 Å². The number of carbonyl (C=O) groups excluding carboxylic acids is 2. The van der Waals surface area contributed by atoms with Gasteiger partial charge in [0.05, 0.1) is 32.3 Å². The van der Waals surface area contributed by atoms with Gasteiger partial charge in [-0.2, -0.15) is 0 Å². The number of likely N-dealkylation sites (N-methyl/N-ethyl adjacent to an activating group) is 1. The molecule has 1 aliphatic heterocycles. The number of hydrogen-bond donors (Lipinski definition) is 0. The number of benzene rings is 3. The van der Waals surface area contributed by atoms with E-state index in [4.69, 9.17) is 18.9 Å². The van der Waals surface area contributed by atoms with Gasteiger partial charge in [0.1, 0.15) is 5.75 Å². The highest BCUT2D eigenvalue weighted by molar-refractivity contribution is 7.99. The molecule has 41 heavy (non-hydrogen) atoms. The van der Waals surface area contributed by atoms with Crippen molar-refractivity contribution in [3.05, 3.63) is 77.9 Å². The van der Waals surface area contributed by atoms with Crippen molar-refractivity contribution in [2.45, 2.75) is 42.6 Å². The molecule has 3 aromatic rings. The third kappa shape index (κ3) is 7.15. The van der Waals surface area contributed by atoms with Crippen molar-refractivity contribution < 1.29 is 28.5 Å². The van der Waals surface area contributed by atoms with E-state index < -0.39 is 17.3 Å². The average Bonchev–Trinajstić information content (AvgIpc) is 3.09. The Balaban J connectivity index is 1.57. The zero-order valence-electron chi connectivity index (χ0n) is 24.5. The molecule has 0 N–H and O–H groups in total. The molecule has 0 saturated heterocycles. The summed E-state index contributed by atoms with van der Waals surface area (Å²) in [5.41, 5.74) is 2.83. The Labute approximate surface area is 246 Å². The number of rotatable bonds is 11. The summed E-state index contributed by atoms with van der Waals surface area (Å²) in [4.78, 5) is 31.4. The molecule has 1 aliphatic rings. The summed E-state index contributed by atoms with van der Waals surface area (Å²) < 4.78 is 21.9. The molecule has 218 valence electrons. The van der Waals surface area contributed by atoms with Crippen LogP contribution >= 0.6 is 11.8 Å². The largest absolute Gasteiger partial charge is 0.497 e. The van der Waals surface area contributed by atoms with Gasteiger partial charge < -0.3 is 28.7 Å². The van der Waals surface area contributed by atoms with E-state index in [0.29, 0.717) is 18.0 Å². The summed E-state index contributed by atoms with van der Waals surface area (Å²) in [6.07, 6.45) is -0.183. The van der Waals surface area contributed by atoms with Crippen molar-refractivity contribution in [2.24, 2.45) is 0 Å². The second-order valence-electron chi connectivity index (χ2n) is 10.1. The highest BCUT2D eigenvalue weighted by Crippen LogP contribution is 2.47. The summed E-state index contributed by atoms with van der Waals surface area (Å²) in [6, 6.07) is 21.2. The molecule has 1 amide bonds. The summed E-state index contributed by atoms with van der Waals surface area (Å²) in [6.45, 7) is 4.78. The molecule has 3 aromatic carbocycles. The summed E-state index contributed by atoms with van der Waals surface area (Å²) >= 11 is 1.54. The molecular formula is C32H38N2O6S. The van der Waals surface area contributed by atoms with Crippen LogP contribution in [0.15, 0.2) is 71.6 Å². The van der Waals surface area contributed by atoms with Crippen LogP contribution in [0.3, 0.4) is 0 Å². The van der Waals surface area contributed by atoms with Crippen molar-refractivity contribution in [1.29, 1.82) is 0 Å². The number of anilines is 1. The fourth-order valence-electron chi connectivity index (χ4n) is 5.10. The zero-order valence-corrected chi connectivity index (χ0v) is 25.3. The molecule has 0 fully saturated rings. The summed E-state index contributed by atoms with van der Waals surface area (Å²) in [5.74, 6) is 1.39. The van der Waals surface area contributed by atoms with Crippen molar-refractivity contribution in [3.8, 4) is 17.2 Å². The number of methoxy groups -OCH3 is 3. The monoisotopic (exact) mass is 578 g/mol. The molecule has 0 aromatic heterocycles. The molecule has 0 unspecified atom stereocenters. The topological polar surface area (TPSA) is 77.5 Å². The lowest BCUT2D eigenvalue weighted by atomic mass is 10.0. The van der Waals surface area contributed by atoms with E-state index in [-0.39, 0.29) is 11.9 Å². The van der Waals surface area contributed by atoms with Crippen LogP contribution in [0.25, 0.3) is 0 Å². The van der Waals surface area contributed by atoms with E-state index in [2.05, 4.69) is 4.90 Å². The molecule has 3 atom stereocenters. The van der Waals surface area contributed by atoms with Crippen LogP contribution in [0.2, 0.25) is 0 Å². The highest BCUT2D eigenvalue weighted by atomic mass is 32.2. The number of nitrogens with zero attached hydrogens (tertiary/aromatic N) is 2. The van der Waals surface area contributed by atoms with Gasteiger partial charge >= 0.3 is 5.97 Å². The van der Waals surface area contributed by atoms with Gasteiger partial charge in [-0.15, -0.1) is 11.8 Å². The Bertz CT molecular complexity index is 1350. The van der Waals surface area contributed by atoms with Gasteiger partial charge in [-0.25, -0.2) is 0 Å². The molecular weight excluding hydrogens is 540 g/mol. The number of thioether (sulfide) groups is 1. The summed E-state index contributed by atoms with van der Waals surface area (Å²) in [7, 11) is 6.91. The van der Waals surface area contributed by atoms with Gasteiger partial charge in [0.25, 0.3) is 5.91 Å². The van der Waals surface area contributed by atoms with E-state index in [1.807, 2.05) is 80.7 Å². The molecule has 8 nitrogen and oxygen atoms in total. The molecule has 0 bridgehead atoms. The number of fused-ring (bicyclic) bond motifs is 1. The molecule has 0 aliphatic carbocycles. The molecule has 1 heterocycles. The Morgan fingerprint density at radius 3 is 2.34 bits per heavy atom. The molecule has 9 heteroatoms. The lowest BCUT2D eigenvalue weighted by Crippen LogP contribution is -2.50. The first kappa shape index (κ1) is 30.3. The normalized spacial score (nSPS) is 17.4. The standard InChI is InChI=1S/C32H38N2O6S/c1-21(20-33(3)18-17-23-11-16-27(38-5)28(19-23)39-6)34-26-9-7-8-10-29(26)41-31(30(32(34)36)40-22(2)35)24-12-14-25(37-4)15-13-24/h7-16,19,21,30-31H,17-18,20H2,1-6H3/t21-,30-,31+/m0/s1. The van der Waals surface area contributed by atoms with E-state index in [0.717, 1.165) is 40.4 Å². The van der Waals surface area contributed by atoms with Crippen LogP contribution in [0.5, 0.6) is 17.2 Å². The van der Waals surface area contributed by atoms with E-state index >= 15 is 0 Å². The minimum absolute atomic E-state index is 0.188. The van der Waals surface area contributed by atoms with Crippen LogP contribution in [0.4, 0.5) is 5.69 Å². The maximum atomic E-state index is 14.3. The first-order chi connectivity index (χ1) is 19.7. The lowest BCUT2D eigenvalue weighted by molar-refractivity contribution is -0.153. The molecule has 0 radical (unpaired) electrons. The Morgan fingerprint density at radius 2 is 1.68 bits per heavy atom. The Kier molecular flexibility index (Phi) is 10.2. The predicted molar refractivity (Wildman–Crippen MR) is 161 cm³/mol. The van der Waals surface area contributed by atoms with Crippen molar-refractivity contribution >= 4 is 29.3 Å². The third-order valence-electron chi connectivity index (χ3n) is 7.12. The van der Waals surface area contributed by atoms with Crippen LogP contribution in [-0.2, 0) is 20.7 Å². The van der Waals surface area contributed by atoms with Gasteiger partial charge in [-0.05, 0) is 67.9 Å². The third-order valence-corrected chi connectivity index (χ3v) is 8.49. The fraction of sp³-hybridized carbons (Fsp3) is 0.375. The van der Waals surface area contributed by atoms with Gasteiger partial charge in [-0.1, -0.05) is 30.3 Å². The smallest absolute Gasteiger partial charge is 0.303 e. The number of para-hydroxylation sites is 1. The quantitative estimate of drug-likeness (QED) is 0.281. The molecule has 0 spiro atoms. The Morgan fingerprint density at radius 1 is 0.976 bits per heavy atom. The fourth-order valence-corrected chi connectivity index (χ4v) is 6.41. The summed E-state index contributed by atoms with van der Waals surface area (Å²) in [5, 5.41) is -0.418. The number of carbonyl (C=O) groups is 2. The maximum Gasteiger partial charge on any atom is 0.303 e. The van der Waals surface area contributed by atoms with Gasteiger partial charge in [0, 0.05) is 31.0 Å². The average molecular weight is 579 g/mol. The predicted octanol–water partition coefficient (Wildman–Crippen LogP) is 5.39. The van der Waals surface area contributed by atoms with Crippen molar-refractivity contribution in [3.63, 3.8) is 0 Å². The zero-order chi connectivity index (χ0) is 29.5. The van der Waals surface area contributed by atoms with Crippen LogP contribution in [0.1, 0.15) is 30.2 Å². The minimum Gasteiger partial charge on any atom is -0.497 e. The highest BCUT2D eigenvalue weighted by Gasteiger charge is 2.42. The van der Waals surface area contributed by atoms with E-state index in [9.17, 15) is 9.59 Å². The Hall–Kier alpha value is -3.69. The lowest BCUT2D eigenvalue weighted by Gasteiger charge is -2.34. The molecule has 4 rings (SSSR count). The SMILES string of the molecule is COc1ccc([C@H]2Sc3ccccc3N([C@@H](C)CN(C)CCc3ccc(OC)c(OC)c3)C(=O)[C@H]2OC(C)=O)cc1. The minimum atomic E-state index is -0.988. The van der Waals surface area contributed by atoms with Gasteiger partial charge in [0.2, 0.25) is 0 Å². The second-order valence-corrected chi connectivity index (χ2v) is 11.3. The first-order valence-electron chi connectivity index (χ1n) is 13.5. The maximum absolute atomic E-state index is 14.3. The van der Waals surface area contributed by atoms with Crippen molar-refractivity contribution in [1.82, 2.24) is 4.90 Å². The number of esters is 1. The van der Waals surface area contributed by atoms with Crippen LogP contribution < -0.4 is 19.1 Å². The second kappa shape index (κ2) is 13.8. The number of amides is 1. The van der Waals surface area contributed by atoms with E-state index in [1.165, 1.54) is 18.7 Å². The first-order valence-corrected chi connectivity index (χ1v) is 14.4. The number of ether oxygens (including phenoxy) is 4. The molecule has 0 saturated carbocycles. The van der Waals surface area contributed by atoms with Crippen molar-refractivity contribution in [2.75, 3.05) is 46.4 Å². The van der Waals surface area contributed by atoms with Crippen LogP contribution in [0, 0.1) is 0 Å².